The summed E-state index contributed by atoms with van der Waals surface area (Å²) in [5.41, 5.74) is 0. The van der Waals surface area contributed by atoms with Gasteiger partial charge in [-0.25, -0.2) is 8.42 Å². The Hall–Kier alpha value is 1.22. The van der Waals surface area contributed by atoms with Crippen LogP contribution in [-0.2, 0) is 10.1 Å². The summed E-state index contributed by atoms with van der Waals surface area (Å²) >= 11 is 3.38. The molecule has 0 fully saturated rings. The summed E-state index contributed by atoms with van der Waals surface area (Å²) in [4.78, 5) is 0. The number of hydrogen-bond acceptors (Lipinski definition) is 4. The zero-order chi connectivity index (χ0) is 6.08. The monoisotopic (exact) mass is 182 g/mol. The van der Waals surface area contributed by atoms with Crippen molar-refractivity contribution in [3.05, 3.63) is 0 Å². The molecule has 0 saturated heterocycles. The molecule has 7 heteroatoms. The Kier molecular flexibility index (Phi) is 11.0. The maximum Gasteiger partial charge on any atom is 1.00 e. The van der Waals surface area contributed by atoms with E-state index in [2.05, 4.69) is 12.6 Å². The molecule has 0 amide bonds. The van der Waals surface area contributed by atoms with Gasteiger partial charge in [-0.2, -0.15) is 12.6 Å². The fourth-order valence-electron chi connectivity index (χ4n) is 0. The van der Waals surface area contributed by atoms with Crippen LogP contribution in [0.3, 0.4) is 0 Å². The second-order valence-corrected chi connectivity index (χ2v) is 3.91. The molecule has 1 unspecified atom stereocenters. The third-order valence-electron chi connectivity index (χ3n) is 0.418. The number of hydrogen-bond donors (Lipinski definition) is 1. The maximum absolute atomic E-state index is 9.70. The van der Waals surface area contributed by atoms with Crippen molar-refractivity contribution < 1.29 is 48.0 Å². The van der Waals surface area contributed by atoms with Crippen LogP contribution >= 0.6 is 12.6 Å². The van der Waals surface area contributed by atoms with Crippen molar-refractivity contribution in [2.75, 3.05) is 0 Å². The summed E-state index contributed by atoms with van der Waals surface area (Å²) in [7, 11) is -4.13. The van der Waals surface area contributed by atoms with Crippen molar-refractivity contribution in [3.8, 4) is 0 Å². The molecule has 0 aliphatic carbocycles. The standard InChI is InChI=1S/C2H6O3S2.Na.H2O/c1-2(6)7(3,4)5;;/h2,6H,1H3,(H,3,4,5);;1H2/q;+1;/p-1. The largest absolute Gasteiger partial charge is 1.00 e. The zero-order valence-corrected chi connectivity index (χ0v) is 8.87. The minimum Gasteiger partial charge on any atom is -0.747 e. The Morgan fingerprint density at radius 1 is 1.56 bits per heavy atom. The quantitative estimate of drug-likeness (QED) is 0.254. The van der Waals surface area contributed by atoms with Gasteiger partial charge < -0.3 is 10.0 Å². The summed E-state index contributed by atoms with van der Waals surface area (Å²) in [5, 5.41) is 0. The van der Waals surface area contributed by atoms with E-state index in [0.29, 0.717) is 0 Å². The van der Waals surface area contributed by atoms with Crippen LogP contribution in [0.4, 0.5) is 0 Å². The molecule has 0 saturated carbocycles. The van der Waals surface area contributed by atoms with Gasteiger partial charge >= 0.3 is 29.6 Å². The Labute approximate surface area is 81.8 Å². The molecule has 2 N–H and O–H groups in total. The molecule has 0 radical (unpaired) electrons. The molecule has 0 bridgehead atoms. The van der Waals surface area contributed by atoms with Crippen molar-refractivity contribution in [1.82, 2.24) is 0 Å². The van der Waals surface area contributed by atoms with E-state index in [1.165, 1.54) is 6.92 Å². The van der Waals surface area contributed by atoms with Crippen molar-refractivity contribution in [3.63, 3.8) is 0 Å². The third kappa shape index (κ3) is 9.22. The molecule has 9 heavy (non-hydrogen) atoms. The molecule has 0 spiro atoms. The van der Waals surface area contributed by atoms with E-state index in [4.69, 9.17) is 0 Å². The van der Waals surface area contributed by atoms with Gasteiger partial charge in [-0.1, -0.05) is 0 Å². The normalized spacial score (nSPS) is 12.8. The van der Waals surface area contributed by atoms with Crippen LogP contribution < -0.4 is 29.6 Å². The van der Waals surface area contributed by atoms with Crippen LogP contribution in [0, 0.1) is 0 Å². The van der Waals surface area contributed by atoms with Gasteiger partial charge in [-0.15, -0.1) is 0 Å². The van der Waals surface area contributed by atoms with E-state index >= 15 is 0 Å². The first kappa shape index (κ1) is 16.7. The number of thiol groups is 1. The van der Waals surface area contributed by atoms with Gasteiger partial charge in [0, 0.05) is 0 Å². The number of rotatable bonds is 1. The van der Waals surface area contributed by atoms with Gasteiger partial charge in [0.2, 0.25) is 0 Å². The van der Waals surface area contributed by atoms with Crippen LogP contribution in [0.25, 0.3) is 0 Å². The minimum atomic E-state index is -4.13. The first-order valence-electron chi connectivity index (χ1n) is 1.57. The van der Waals surface area contributed by atoms with Crippen LogP contribution in [0.1, 0.15) is 6.92 Å². The molecule has 0 aromatic carbocycles. The van der Waals surface area contributed by atoms with Gasteiger partial charge in [0.15, 0.2) is 0 Å². The molecule has 0 aliphatic heterocycles. The van der Waals surface area contributed by atoms with Crippen molar-refractivity contribution in [1.29, 1.82) is 0 Å². The second kappa shape index (κ2) is 5.96. The first-order chi connectivity index (χ1) is 2.94. The van der Waals surface area contributed by atoms with E-state index < -0.39 is 14.7 Å². The molecule has 52 valence electrons. The summed E-state index contributed by atoms with van der Waals surface area (Å²) in [6, 6.07) is 0. The summed E-state index contributed by atoms with van der Waals surface area (Å²) < 4.78 is 28.0. The molecule has 0 aromatic heterocycles. The molecule has 0 aromatic rings. The summed E-state index contributed by atoms with van der Waals surface area (Å²) in [6.07, 6.45) is 0. The van der Waals surface area contributed by atoms with Crippen molar-refractivity contribution in [2.24, 2.45) is 0 Å². The smallest absolute Gasteiger partial charge is 0.747 e. The van der Waals surface area contributed by atoms with Crippen molar-refractivity contribution in [2.45, 2.75) is 11.5 Å². The predicted octanol–water partition coefficient (Wildman–Crippen LogP) is -4.01. The van der Waals surface area contributed by atoms with Gasteiger partial charge in [-0.3, -0.25) is 0 Å². The van der Waals surface area contributed by atoms with Gasteiger partial charge in [0.25, 0.3) is 0 Å². The molecule has 0 aliphatic rings. The molecular weight excluding hydrogens is 175 g/mol. The fraction of sp³-hybridized carbons (Fsp3) is 1.00. The molecule has 0 heterocycles. The van der Waals surface area contributed by atoms with Gasteiger partial charge in [0.05, 0.1) is 4.58 Å². The average Bonchev–Trinajstić information content (AvgIpc) is 1.31. The average molecular weight is 182 g/mol. The first-order valence-corrected chi connectivity index (χ1v) is 3.56. The van der Waals surface area contributed by atoms with Crippen LogP contribution in [-0.4, -0.2) is 23.0 Å². The van der Waals surface area contributed by atoms with Gasteiger partial charge in [-0.05, 0) is 6.92 Å². The van der Waals surface area contributed by atoms with E-state index in [0.717, 1.165) is 0 Å². The Bertz CT molecular complexity index is 139. The van der Waals surface area contributed by atoms with Crippen LogP contribution in [0.2, 0.25) is 0 Å². The third-order valence-corrected chi connectivity index (χ3v) is 2.03. The minimum absolute atomic E-state index is 0. The van der Waals surface area contributed by atoms with Crippen molar-refractivity contribution >= 4 is 22.7 Å². The Morgan fingerprint density at radius 3 is 1.67 bits per heavy atom. The molecular formula is C2H7NaO4S2. The molecule has 0 rings (SSSR count). The fourth-order valence-corrected chi connectivity index (χ4v) is 0. The Balaban J connectivity index is -0.000000180. The molecule has 4 nitrogen and oxygen atoms in total. The maximum atomic E-state index is 9.70. The van der Waals surface area contributed by atoms with Crippen LogP contribution in [0.15, 0.2) is 0 Å². The Morgan fingerprint density at radius 2 is 1.67 bits per heavy atom. The van der Waals surface area contributed by atoms with E-state index in [9.17, 15) is 13.0 Å². The van der Waals surface area contributed by atoms with Gasteiger partial charge in [0.1, 0.15) is 10.1 Å². The zero-order valence-electron chi connectivity index (χ0n) is 5.16. The summed E-state index contributed by atoms with van der Waals surface area (Å²) in [5.74, 6) is 0. The topological polar surface area (TPSA) is 88.7 Å². The summed E-state index contributed by atoms with van der Waals surface area (Å²) in [6.45, 7) is 1.21. The second-order valence-electron chi connectivity index (χ2n) is 1.09. The SMILES string of the molecule is CC(S)S(=O)(=O)[O-].O.[Na+]. The van der Waals surface area contributed by atoms with Crippen LogP contribution in [0.5, 0.6) is 0 Å². The predicted molar refractivity (Wildman–Crippen MR) is 31.8 cm³/mol. The van der Waals surface area contributed by atoms with E-state index in [-0.39, 0.29) is 35.0 Å². The molecule has 1 atom stereocenters. The van der Waals surface area contributed by atoms with E-state index in [1.54, 1.807) is 0 Å². The van der Waals surface area contributed by atoms with E-state index in [1.807, 2.05) is 0 Å².